The molecule has 326 valence electrons. The van der Waals surface area contributed by atoms with E-state index in [0.717, 1.165) is 58.5 Å². The first-order valence-corrected chi connectivity index (χ1v) is 17.9. The molecule has 0 saturated carbocycles. The predicted octanol–water partition coefficient (Wildman–Crippen LogP) is 12.5. The van der Waals surface area contributed by atoms with E-state index in [1.807, 2.05) is 69.4 Å². The first kappa shape index (κ1) is 75.6. The first-order valence-electron chi connectivity index (χ1n) is 17.9. The molecule has 0 unspecified atom stereocenters. The normalized spacial score (nSPS) is 9.09. The van der Waals surface area contributed by atoms with Gasteiger partial charge in [0.2, 0.25) is 0 Å². The Kier molecular flexibility index (Phi) is 164. The minimum Gasteiger partial charge on any atom is -0.505 e. The van der Waals surface area contributed by atoms with E-state index < -0.39 is 0 Å². The van der Waals surface area contributed by atoms with Crippen molar-refractivity contribution in [2.24, 2.45) is 0 Å². The molecular formula is C45H92O9. The minimum absolute atomic E-state index is 0. The maximum atomic E-state index is 4.79. The molecule has 0 rings (SSSR count). The number of hydrogen-bond acceptors (Lipinski definition) is 9. The lowest BCUT2D eigenvalue weighted by molar-refractivity contribution is 0.204. The Bertz CT molecular complexity index is 677. The molecule has 0 bridgehead atoms. The van der Waals surface area contributed by atoms with Crippen molar-refractivity contribution in [3.8, 4) is 0 Å². The summed E-state index contributed by atoms with van der Waals surface area (Å²) in [6, 6.07) is 0. The molecular weight excluding hydrogens is 684 g/mol. The molecule has 0 amide bonds. The zero-order chi connectivity index (χ0) is 42.7. The maximum Gasteiger partial charge on any atom is 0.0784 e. The zero-order valence-electron chi connectivity index (χ0n) is 37.2. The van der Waals surface area contributed by atoms with Gasteiger partial charge in [-0.15, -0.1) is 13.2 Å². The van der Waals surface area contributed by atoms with E-state index in [2.05, 4.69) is 76.3 Å². The Morgan fingerprint density at radius 1 is 0.407 bits per heavy atom. The van der Waals surface area contributed by atoms with E-state index in [0.29, 0.717) is 6.61 Å². The lowest BCUT2D eigenvalue weighted by atomic mass is 10.3. The molecule has 0 N–H and O–H groups in total. The average molecular weight is 777 g/mol. The standard InChI is InChI=1S/3C6H12O.3C5H10O.2C4H8O.C3H6O.CH4/c3*1-3-4-5-6-7-2;3*1-3-4-5-6-2;2*1-3-4-5-2;1-3-4-2;/h5-6H,3-4H2,1-2H3;4-5H,3,6H2,1-2H3;3-4H,5-6H2,1-2H3;4-5H,3H2,1-2H3;3-4H,5H2,1-2H3;3H,1,4-5H2,2H3;3-4H,1-2H3;3H,1,4H2,2H3;3H,1H2,2H3;1H4/b6-5+;5-4-;4-3+;5-4+;4-3-;;4-3+;;;. The number of methoxy groups -OCH3 is 9. The second-order valence-corrected chi connectivity index (χ2v) is 9.04. The van der Waals surface area contributed by atoms with Gasteiger partial charge in [-0.05, 0) is 59.0 Å². The largest absolute Gasteiger partial charge is 0.505 e. The highest BCUT2D eigenvalue weighted by atomic mass is 16.5. The van der Waals surface area contributed by atoms with Gasteiger partial charge in [0.25, 0.3) is 0 Å². The number of allylic oxidation sites excluding steroid dienone is 6. The second kappa shape index (κ2) is 117. The molecule has 0 aromatic carbocycles. The number of ether oxygens (including phenoxy) is 9. The summed E-state index contributed by atoms with van der Waals surface area (Å²) in [7, 11) is 14.9. The minimum atomic E-state index is 0. The average Bonchev–Trinajstić information content (AvgIpc) is 3.18. The highest BCUT2D eigenvalue weighted by molar-refractivity contribution is 4.79. The van der Waals surface area contributed by atoms with E-state index in [9.17, 15) is 0 Å². The van der Waals surface area contributed by atoms with Gasteiger partial charge < -0.3 is 42.6 Å². The van der Waals surface area contributed by atoms with Gasteiger partial charge in [0, 0.05) is 48.8 Å². The van der Waals surface area contributed by atoms with Crippen molar-refractivity contribution in [1.29, 1.82) is 0 Å². The third-order valence-corrected chi connectivity index (χ3v) is 4.29. The number of rotatable bonds is 20. The van der Waals surface area contributed by atoms with Gasteiger partial charge in [-0.2, -0.15) is 0 Å². The third kappa shape index (κ3) is 215. The molecule has 54 heavy (non-hydrogen) atoms. The quantitative estimate of drug-likeness (QED) is 0.0681. The SMILES string of the molecule is C.C/C=C/CCOC.C/C=C/OC.C/C=C\COC.C=CCCOC.C=CCOC.C=COC.CC/C=C/OC.CC/C=C\COC.CCC/C=C/OC. The fourth-order valence-corrected chi connectivity index (χ4v) is 1.85. The van der Waals surface area contributed by atoms with Crippen LogP contribution < -0.4 is 0 Å². The molecule has 9 nitrogen and oxygen atoms in total. The van der Waals surface area contributed by atoms with Crippen LogP contribution in [0.25, 0.3) is 0 Å². The van der Waals surface area contributed by atoms with E-state index >= 15 is 0 Å². The van der Waals surface area contributed by atoms with Crippen molar-refractivity contribution in [1.82, 2.24) is 0 Å². The van der Waals surface area contributed by atoms with Gasteiger partial charge in [0.15, 0.2) is 0 Å². The topological polar surface area (TPSA) is 83.1 Å². The van der Waals surface area contributed by atoms with Crippen molar-refractivity contribution in [2.75, 3.05) is 97.0 Å². The van der Waals surface area contributed by atoms with Crippen LogP contribution in [0.3, 0.4) is 0 Å². The van der Waals surface area contributed by atoms with Crippen LogP contribution in [0.4, 0.5) is 0 Å². The van der Waals surface area contributed by atoms with Gasteiger partial charge >= 0.3 is 0 Å². The van der Waals surface area contributed by atoms with Crippen LogP contribution in [0.1, 0.15) is 87.5 Å². The van der Waals surface area contributed by atoms with Crippen LogP contribution in [0, 0.1) is 0 Å². The molecule has 0 aromatic rings. The van der Waals surface area contributed by atoms with E-state index in [-0.39, 0.29) is 7.43 Å². The summed E-state index contributed by atoms with van der Waals surface area (Å²) in [6.45, 7) is 26.2. The molecule has 0 spiro atoms. The van der Waals surface area contributed by atoms with Crippen LogP contribution >= 0.6 is 0 Å². The third-order valence-electron chi connectivity index (χ3n) is 4.29. The van der Waals surface area contributed by atoms with Crippen molar-refractivity contribution in [2.45, 2.75) is 87.5 Å². The fourth-order valence-electron chi connectivity index (χ4n) is 1.85. The van der Waals surface area contributed by atoms with Gasteiger partial charge in [0.1, 0.15) is 0 Å². The summed E-state index contributed by atoms with van der Waals surface area (Å²) >= 11 is 0. The highest BCUT2D eigenvalue weighted by Gasteiger charge is 1.72. The Morgan fingerprint density at radius 3 is 1.07 bits per heavy atom. The number of unbranched alkanes of at least 4 members (excludes halogenated alkanes) is 1. The van der Waals surface area contributed by atoms with Crippen molar-refractivity contribution in [3.63, 3.8) is 0 Å². The van der Waals surface area contributed by atoms with Gasteiger partial charge in [-0.3, -0.25) is 0 Å². The van der Waals surface area contributed by atoms with Crippen LogP contribution in [-0.2, 0) is 42.6 Å². The molecule has 9 heteroatoms. The van der Waals surface area contributed by atoms with E-state index in [1.165, 1.54) is 12.7 Å². The highest BCUT2D eigenvalue weighted by Crippen LogP contribution is 1.86. The molecule has 0 atom stereocenters. The molecule has 0 aliphatic carbocycles. The summed E-state index contributed by atoms with van der Waals surface area (Å²) in [5.41, 5.74) is 0. The lowest BCUT2D eigenvalue weighted by Crippen LogP contribution is -1.82. The Labute approximate surface area is 338 Å². The first-order chi connectivity index (χ1) is 25.7. The summed E-state index contributed by atoms with van der Waals surface area (Å²) in [5.74, 6) is 0. The smallest absolute Gasteiger partial charge is 0.0784 e. The van der Waals surface area contributed by atoms with Crippen LogP contribution in [0.5, 0.6) is 0 Å². The predicted molar refractivity (Wildman–Crippen MR) is 241 cm³/mol. The van der Waals surface area contributed by atoms with Crippen LogP contribution in [0.15, 0.2) is 112 Å². The summed E-state index contributed by atoms with van der Waals surface area (Å²) in [4.78, 5) is 0. The molecule has 0 aliphatic heterocycles. The fraction of sp³-hybridized carbons (Fsp3) is 0.600. The monoisotopic (exact) mass is 777 g/mol. The Morgan fingerprint density at radius 2 is 0.852 bits per heavy atom. The molecule has 0 aromatic heterocycles. The van der Waals surface area contributed by atoms with Gasteiger partial charge in [-0.1, -0.05) is 102 Å². The van der Waals surface area contributed by atoms with Crippen LogP contribution in [-0.4, -0.2) is 97.0 Å². The zero-order valence-corrected chi connectivity index (χ0v) is 37.2. The van der Waals surface area contributed by atoms with E-state index in [4.69, 9.17) is 18.9 Å². The molecule has 0 saturated heterocycles. The molecule has 0 fully saturated rings. The Balaban J connectivity index is -0.0000000505. The lowest BCUT2D eigenvalue weighted by Gasteiger charge is -1.87. The van der Waals surface area contributed by atoms with Gasteiger partial charge in [-0.25, -0.2) is 0 Å². The summed E-state index contributed by atoms with van der Waals surface area (Å²) in [5, 5.41) is 0. The summed E-state index contributed by atoms with van der Waals surface area (Å²) in [6.07, 6.45) is 34.3. The maximum absolute atomic E-state index is 4.79. The Hall–Kier alpha value is -3.34. The second-order valence-electron chi connectivity index (χ2n) is 9.04. The van der Waals surface area contributed by atoms with Crippen molar-refractivity contribution < 1.29 is 42.6 Å². The summed E-state index contributed by atoms with van der Waals surface area (Å²) < 4.78 is 41.6. The molecule has 0 radical (unpaired) electrons. The van der Waals surface area contributed by atoms with Crippen LogP contribution in [0.2, 0.25) is 0 Å². The van der Waals surface area contributed by atoms with Crippen molar-refractivity contribution in [3.05, 3.63) is 112 Å². The van der Waals surface area contributed by atoms with E-state index in [1.54, 1.807) is 88.9 Å². The molecule has 0 heterocycles. The number of hydrogen-bond donors (Lipinski definition) is 0. The molecule has 0 aliphatic rings. The van der Waals surface area contributed by atoms with Crippen molar-refractivity contribution >= 4 is 0 Å². The van der Waals surface area contributed by atoms with Gasteiger partial charge in [0.05, 0.1) is 73.3 Å².